The van der Waals surface area contributed by atoms with E-state index >= 15 is 0 Å². The van der Waals surface area contributed by atoms with Crippen molar-refractivity contribution in [1.82, 2.24) is 0 Å². The van der Waals surface area contributed by atoms with Crippen molar-refractivity contribution in [3.63, 3.8) is 0 Å². The number of carbonyl (C=O) groups excluding carboxylic acids is 1. The Hall–Kier alpha value is 0.132. The van der Waals surface area contributed by atoms with Crippen LogP contribution in [0.1, 0.15) is 25.8 Å². The van der Waals surface area contributed by atoms with Gasteiger partial charge in [0.2, 0.25) is 0 Å². The number of hydrogen-bond acceptors (Lipinski definition) is 1. The summed E-state index contributed by atoms with van der Waals surface area (Å²) in [5.74, 6) is 0.436. The molecule has 2 nitrogen and oxygen atoms in total. The first-order chi connectivity index (χ1) is 6.59. The topological polar surface area (TPSA) is 40.9 Å². The second-order valence-corrected chi connectivity index (χ2v) is 3.82. The van der Waals surface area contributed by atoms with Crippen molar-refractivity contribution < 1.29 is 48.9 Å². The standard InChI is InChI=1S/C12H16NO.Ac/c1-9(2)12(14)8-5-10-3-6-11(13)7-4-10;/h3-4,6-7,9,13H,5,8H2,1-2H3;/q-1;. The monoisotopic (exact) mass is 417 g/mol. The van der Waals surface area contributed by atoms with Crippen molar-refractivity contribution in [3.05, 3.63) is 35.6 Å². The fourth-order valence-electron chi connectivity index (χ4n) is 1.23. The minimum Gasteiger partial charge on any atom is -0.699 e. The van der Waals surface area contributed by atoms with Crippen molar-refractivity contribution in [3.8, 4) is 0 Å². The smallest absolute Gasteiger partial charge is 0.135 e. The molecule has 0 bridgehead atoms. The van der Waals surface area contributed by atoms with E-state index < -0.39 is 0 Å². The summed E-state index contributed by atoms with van der Waals surface area (Å²) in [6.45, 7) is 3.85. The zero-order valence-electron chi connectivity index (χ0n) is 9.29. The molecular weight excluding hydrogens is 401 g/mol. The van der Waals surface area contributed by atoms with Crippen LogP contribution in [0.4, 0.5) is 5.69 Å². The number of ketones is 1. The van der Waals surface area contributed by atoms with Crippen molar-refractivity contribution in [1.29, 1.82) is 0 Å². The average Bonchev–Trinajstić information content (AvgIpc) is 2.16. The molecule has 0 aliphatic heterocycles. The Morgan fingerprint density at radius 1 is 1.27 bits per heavy atom. The van der Waals surface area contributed by atoms with E-state index in [1.807, 2.05) is 26.0 Å². The summed E-state index contributed by atoms with van der Waals surface area (Å²) in [5.41, 5.74) is 8.96. The SMILES string of the molecule is CC(C)C(=O)CCc1ccc([NH-])cc1.[Ac]. The van der Waals surface area contributed by atoms with Gasteiger partial charge in [0.05, 0.1) is 0 Å². The normalized spacial score (nSPS) is 9.80. The van der Waals surface area contributed by atoms with E-state index in [1.54, 1.807) is 12.1 Å². The average molecular weight is 417 g/mol. The van der Waals surface area contributed by atoms with Gasteiger partial charge in [0, 0.05) is 56.4 Å². The van der Waals surface area contributed by atoms with Crippen LogP contribution in [0.25, 0.3) is 5.73 Å². The quantitative estimate of drug-likeness (QED) is 0.739. The van der Waals surface area contributed by atoms with Gasteiger partial charge in [-0.1, -0.05) is 38.1 Å². The molecular formula is C12H16AcNO-. The fraction of sp³-hybridized carbons (Fsp3) is 0.417. The van der Waals surface area contributed by atoms with E-state index in [2.05, 4.69) is 0 Å². The van der Waals surface area contributed by atoms with Crippen molar-refractivity contribution in [2.75, 3.05) is 0 Å². The Morgan fingerprint density at radius 2 is 1.80 bits per heavy atom. The Labute approximate surface area is 127 Å². The van der Waals surface area contributed by atoms with Crippen molar-refractivity contribution in [2.45, 2.75) is 26.7 Å². The first-order valence-electron chi connectivity index (χ1n) is 4.93. The summed E-state index contributed by atoms with van der Waals surface area (Å²) < 4.78 is 0. The van der Waals surface area contributed by atoms with Gasteiger partial charge < -0.3 is 5.73 Å². The van der Waals surface area contributed by atoms with Crippen LogP contribution in [0, 0.1) is 50.0 Å². The van der Waals surface area contributed by atoms with E-state index in [9.17, 15) is 4.79 Å². The summed E-state index contributed by atoms with van der Waals surface area (Å²) in [5, 5.41) is 0. The maximum Gasteiger partial charge on any atom is 0.135 e. The Morgan fingerprint density at radius 3 is 2.27 bits per heavy atom. The molecule has 1 N–H and O–H groups in total. The maximum atomic E-state index is 11.3. The summed E-state index contributed by atoms with van der Waals surface area (Å²) >= 11 is 0. The Kier molecular flexibility index (Phi) is 7.48. The van der Waals surface area contributed by atoms with Gasteiger partial charge in [-0.3, -0.25) is 4.79 Å². The maximum absolute atomic E-state index is 11.3. The van der Waals surface area contributed by atoms with Crippen LogP contribution in [0.5, 0.6) is 0 Å². The number of benzene rings is 1. The second kappa shape index (κ2) is 7.41. The third kappa shape index (κ3) is 5.68. The van der Waals surface area contributed by atoms with Gasteiger partial charge in [0.25, 0.3) is 0 Å². The molecule has 0 amide bonds. The first kappa shape index (κ1) is 15.1. The number of hydrogen-bond donors (Lipinski definition) is 0. The molecule has 1 aromatic rings. The van der Waals surface area contributed by atoms with Gasteiger partial charge in [-0.05, 0) is 12.0 Å². The summed E-state index contributed by atoms with van der Waals surface area (Å²) in [7, 11) is 0. The predicted octanol–water partition coefficient (Wildman–Crippen LogP) is 3.53. The minimum atomic E-state index is 0. The zero-order valence-corrected chi connectivity index (χ0v) is 14.0. The van der Waals surface area contributed by atoms with Gasteiger partial charge in [0.1, 0.15) is 5.78 Å². The summed E-state index contributed by atoms with van der Waals surface area (Å²) in [6.07, 6.45) is 1.40. The molecule has 1 radical (unpaired) electrons. The molecule has 79 valence electrons. The van der Waals surface area contributed by atoms with E-state index in [-0.39, 0.29) is 50.0 Å². The first-order valence-corrected chi connectivity index (χ1v) is 4.93. The van der Waals surface area contributed by atoms with Crippen LogP contribution in [-0.4, -0.2) is 5.78 Å². The Bertz CT molecular complexity index is 306. The summed E-state index contributed by atoms with van der Waals surface area (Å²) in [6, 6.07) is 7.34. The molecule has 0 fully saturated rings. The largest absolute Gasteiger partial charge is 0.699 e. The number of nitrogens with one attached hydrogen (secondary N) is 1. The van der Waals surface area contributed by atoms with E-state index in [1.165, 1.54) is 0 Å². The molecule has 1 aromatic carbocycles. The molecule has 0 unspecified atom stereocenters. The summed E-state index contributed by atoms with van der Waals surface area (Å²) in [4.78, 5) is 11.3. The van der Waals surface area contributed by atoms with E-state index in [0.717, 1.165) is 12.0 Å². The molecule has 1 rings (SSSR count). The third-order valence-corrected chi connectivity index (χ3v) is 2.26. The zero-order chi connectivity index (χ0) is 10.6. The Balaban J connectivity index is 0.00000196. The molecule has 0 aromatic heterocycles. The molecule has 15 heavy (non-hydrogen) atoms. The number of aryl methyl sites for hydroxylation is 1. The molecule has 0 atom stereocenters. The van der Waals surface area contributed by atoms with Crippen molar-refractivity contribution >= 4 is 11.5 Å². The molecule has 0 aliphatic rings. The van der Waals surface area contributed by atoms with Crippen LogP contribution in [0.3, 0.4) is 0 Å². The van der Waals surface area contributed by atoms with Crippen LogP contribution in [0.15, 0.2) is 24.3 Å². The number of carbonyl (C=O) groups is 1. The van der Waals surface area contributed by atoms with Crippen LogP contribution < -0.4 is 0 Å². The second-order valence-electron chi connectivity index (χ2n) is 3.82. The molecule has 0 heterocycles. The molecule has 0 saturated carbocycles. The predicted molar refractivity (Wildman–Crippen MR) is 58.6 cm³/mol. The van der Waals surface area contributed by atoms with Crippen LogP contribution in [-0.2, 0) is 11.2 Å². The molecule has 0 saturated heterocycles. The van der Waals surface area contributed by atoms with Gasteiger partial charge in [0.15, 0.2) is 0 Å². The van der Waals surface area contributed by atoms with Gasteiger partial charge in [-0.2, -0.15) is 0 Å². The van der Waals surface area contributed by atoms with Gasteiger partial charge in [-0.15, -0.1) is 5.69 Å². The van der Waals surface area contributed by atoms with Crippen molar-refractivity contribution in [2.24, 2.45) is 5.92 Å². The van der Waals surface area contributed by atoms with Gasteiger partial charge in [-0.25, -0.2) is 0 Å². The molecule has 3 heteroatoms. The molecule has 0 spiro atoms. The minimum absolute atomic E-state index is 0. The third-order valence-electron chi connectivity index (χ3n) is 2.26. The van der Waals surface area contributed by atoms with Gasteiger partial charge >= 0.3 is 0 Å². The number of rotatable bonds is 4. The van der Waals surface area contributed by atoms with E-state index in [0.29, 0.717) is 17.9 Å². The van der Waals surface area contributed by atoms with E-state index in [4.69, 9.17) is 5.73 Å². The number of Topliss-reactive ketones (excluding diaryl/α,β-unsaturated/α-hetero) is 1. The van der Waals surface area contributed by atoms with Crippen LogP contribution in [0.2, 0.25) is 0 Å². The fourth-order valence-corrected chi connectivity index (χ4v) is 1.23. The molecule has 0 aliphatic carbocycles. The van der Waals surface area contributed by atoms with Crippen LogP contribution >= 0.6 is 0 Å².